The molecule has 3 aromatic heterocycles. The van der Waals surface area contributed by atoms with Crippen molar-refractivity contribution in [1.82, 2.24) is 29.5 Å². The number of nitrogens with two attached hydrogens (primary N) is 1. The summed E-state index contributed by atoms with van der Waals surface area (Å²) in [6.45, 7) is 6.83. The second-order valence-corrected chi connectivity index (χ2v) is 10.5. The lowest BCUT2D eigenvalue weighted by molar-refractivity contribution is -0.141. The molecule has 0 fully saturated rings. The number of aryl methyl sites for hydroxylation is 1. The molecular weight excluding hydrogens is 553 g/mol. The number of ether oxygens (including phenoxy) is 1. The van der Waals surface area contributed by atoms with Gasteiger partial charge in [-0.3, -0.25) is 13.9 Å². The van der Waals surface area contributed by atoms with Gasteiger partial charge < -0.3 is 26.2 Å². The summed E-state index contributed by atoms with van der Waals surface area (Å²) in [5.41, 5.74) is 5.99. The molecule has 0 aliphatic heterocycles. The van der Waals surface area contributed by atoms with Crippen molar-refractivity contribution in [3.05, 3.63) is 59.8 Å². The minimum absolute atomic E-state index is 0.0908. The molecule has 11 nitrogen and oxygen atoms in total. The molecule has 1 aromatic carbocycles. The number of fused-ring (bicyclic) bond motifs is 1. The van der Waals surface area contributed by atoms with Crippen molar-refractivity contribution in [3.63, 3.8) is 0 Å². The highest BCUT2D eigenvalue weighted by Gasteiger charge is 2.39. The molecule has 14 heteroatoms. The molecule has 0 bridgehead atoms. The highest BCUT2D eigenvalue weighted by Crippen LogP contribution is 2.37. The van der Waals surface area contributed by atoms with Crippen molar-refractivity contribution in [2.75, 3.05) is 38.2 Å². The number of amides is 1. The first-order valence-electron chi connectivity index (χ1n) is 13.5. The number of aliphatic hydroxyl groups is 1. The molecule has 42 heavy (non-hydrogen) atoms. The molecule has 0 aliphatic rings. The van der Waals surface area contributed by atoms with Gasteiger partial charge in [0.2, 0.25) is 0 Å². The second-order valence-electron chi connectivity index (χ2n) is 10.5. The van der Waals surface area contributed by atoms with Crippen molar-refractivity contribution >= 4 is 23.1 Å². The van der Waals surface area contributed by atoms with Crippen LogP contribution in [0.2, 0.25) is 0 Å². The zero-order valence-corrected chi connectivity index (χ0v) is 23.7. The average molecular weight is 589 g/mol. The van der Waals surface area contributed by atoms with Gasteiger partial charge in [0, 0.05) is 61.5 Å². The van der Waals surface area contributed by atoms with E-state index in [1.807, 2.05) is 13.0 Å². The number of carbonyl (C=O) groups excluding carboxylic acids is 1. The van der Waals surface area contributed by atoms with Gasteiger partial charge in [0.25, 0.3) is 5.91 Å². The Balaban J connectivity index is 1.61. The van der Waals surface area contributed by atoms with E-state index >= 15 is 0 Å². The van der Waals surface area contributed by atoms with E-state index in [0.717, 1.165) is 5.56 Å². The summed E-state index contributed by atoms with van der Waals surface area (Å²) in [5.74, 6) is 0.0960. The molecule has 0 saturated heterocycles. The lowest BCUT2D eigenvalue weighted by atomic mass is 9.95. The monoisotopic (exact) mass is 588 g/mol. The van der Waals surface area contributed by atoms with E-state index < -0.39 is 17.3 Å². The van der Waals surface area contributed by atoms with Crippen LogP contribution in [-0.4, -0.2) is 68.1 Å². The Hall–Kier alpha value is -4.01. The Morgan fingerprint density at radius 3 is 2.67 bits per heavy atom. The van der Waals surface area contributed by atoms with Crippen LogP contribution in [0, 0.1) is 5.41 Å². The number of carbonyl (C=O) groups is 1. The maximum atomic E-state index is 14.0. The lowest BCUT2D eigenvalue weighted by Gasteiger charge is -2.21. The predicted octanol–water partition coefficient (Wildman–Crippen LogP) is 3.64. The van der Waals surface area contributed by atoms with Gasteiger partial charge in [0.05, 0.1) is 30.7 Å². The van der Waals surface area contributed by atoms with Gasteiger partial charge in [-0.25, -0.2) is 9.97 Å². The molecular formula is C28H35F3N8O3. The Morgan fingerprint density at radius 2 is 1.98 bits per heavy atom. The number of nitrogens with zero attached hydrogens (tertiary/aromatic N) is 5. The maximum Gasteiger partial charge on any atom is 0.435 e. The number of aliphatic hydroxyl groups excluding tert-OH is 1. The van der Waals surface area contributed by atoms with Crippen LogP contribution >= 0.6 is 0 Å². The highest BCUT2D eigenvalue weighted by atomic mass is 19.4. The summed E-state index contributed by atoms with van der Waals surface area (Å²) < 4.78 is 50.0. The number of nitrogens with one attached hydrogen (secondary N) is 2. The van der Waals surface area contributed by atoms with Gasteiger partial charge in [-0.15, -0.1) is 0 Å². The minimum atomic E-state index is -4.70. The van der Waals surface area contributed by atoms with Crippen molar-refractivity contribution in [2.24, 2.45) is 11.1 Å². The van der Waals surface area contributed by atoms with E-state index in [2.05, 4.69) is 25.7 Å². The van der Waals surface area contributed by atoms with E-state index in [-0.39, 0.29) is 30.3 Å². The molecule has 0 radical (unpaired) electrons. The zero-order valence-electron chi connectivity index (χ0n) is 23.7. The second kappa shape index (κ2) is 12.9. The molecule has 4 rings (SSSR count). The molecule has 4 aromatic rings. The fraction of sp³-hybridized carbons (Fsp3) is 0.429. The number of aromatic nitrogens is 5. The minimum Gasteiger partial charge on any atom is -0.396 e. The van der Waals surface area contributed by atoms with Crippen molar-refractivity contribution in [2.45, 2.75) is 39.9 Å². The number of imidazole rings is 1. The summed E-state index contributed by atoms with van der Waals surface area (Å²) in [6, 6.07) is 5.25. The van der Waals surface area contributed by atoms with E-state index in [1.54, 1.807) is 26.0 Å². The summed E-state index contributed by atoms with van der Waals surface area (Å²) >= 11 is 0. The van der Waals surface area contributed by atoms with Crippen LogP contribution in [0.15, 0.2) is 43.0 Å². The Bertz CT molecular complexity index is 1530. The lowest BCUT2D eigenvalue weighted by Crippen LogP contribution is -2.28. The van der Waals surface area contributed by atoms with Gasteiger partial charge in [-0.05, 0) is 30.2 Å². The Morgan fingerprint density at radius 1 is 1.19 bits per heavy atom. The summed E-state index contributed by atoms with van der Waals surface area (Å²) in [7, 11) is 0. The van der Waals surface area contributed by atoms with Gasteiger partial charge >= 0.3 is 6.18 Å². The standard InChI is InChI=1S/C28H35F3N8O3/c1-4-18-13-19(5-6-20(18)26(41)34-9-12-42-11-7-32)36-24-25-35-14-22(39(25)10-8-33-24)21-15-38(16-27(2,3)17-40)37-23(21)28(29,30)31/h5-6,8,10,13-15,40H,4,7,9,11-12,16-17,32H2,1-3H3,(H,33,36)(H,34,41). The van der Waals surface area contributed by atoms with Crippen molar-refractivity contribution in [1.29, 1.82) is 0 Å². The fourth-order valence-electron chi connectivity index (χ4n) is 4.43. The van der Waals surface area contributed by atoms with Gasteiger partial charge in [0.15, 0.2) is 17.2 Å². The Labute approximate surface area is 240 Å². The van der Waals surface area contributed by atoms with Crippen LogP contribution in [0.3, 0.4) is 0 Å². The largest absolute Gasteiger partial charge is 0.435 e. The molecule has 0 saturated carbocycles. The van der Waals surface area contributed by atoms with E-state index in [1.165, 1.54) is 33.9 Å². The van der Waals surface area contributed by atoms with Gasteiger partial charge in [0.1, 0.15) is 0 Å². The van der Waals surface area contributed by atoms with E-state index in [0.29, 0.717) is 55.4 Å². The van der Waals surface area contributed by atoms with Crippen LogP contribution in [0.25, 0.3) is 16.9 Å². The SMILES string of the molecule is CCc1cc(Nc2nccn3c(-c4cn(CC(C)(C)CO)nc4C(F)(F)F)cnc23)ccc1C(=O)NCCOCCN. The highest BCUT2D eigenvalue weighted by molar-refractivity contribution is 5.96. The normalized spacial score (nSPS) is 12.2. The molecule has 3 heterocycles. The van der Waals surface area contributed by atoms with Gasteiger partial charge in [-0.1, -0.05) is 20.8 Å². The molecule has 0 spiro atoms. The summed E-state index contributed by atoms with van der Waals surface area (Å²) in [5, 5.41) is 19.4. The first-order chi connectivity index (χ1) is 20.0. The molecule has 0 unspecified atom stereocenters. The predicted molar refractivity (Wildman–Crippen MR) is 151 cm³/mol. The van der Waals surface area contributed by atoms with E-state index in [4.69, 9.17) is 10.5 Å². The van der Waals surface area contributed by atoms with Crippen LogP contribution in [-0.2, 0) is 23.9 Å². The summed E-state index contributed by atoms with van der Waals surface area (Å²) in [6.07, 6.45) is 1.54. The first-order valence-corrected chi connectivity index (χ1v) is 13.5. The third-order valence-electron chi connectivity index (χ3n) is 6.54. The molecule has 0 atom stereocenters. The Kier molecular flexibility index (Phi) is 9.49. The average Bonchev–Trinajstić information content (AvgIpc) is 3.57. The summed E-state index contributed by atoms with van der Waals surface area (Å²) in [4.78, 5) is 21.4. The first kappa shape index (κ1) is 30.9. The number of hydrogen-bond acceptors (Lipinski definition) is 8. The van der Waals surface area contributed by atoms with Crippen LogP contribution in [0.5, 0.6) is 0 Å². The number of anilines is 2. The molecule has 0 aliphatic carbocycles. The number of halogens is 3. The maximum absolute atomic E-state index is 14.0. The number of rotatable bonds is 13. The molecule has 226 valence electrons. The topological polar surface area (TPSA) is 145 Å². The molecule has 1 amide bonds. The van der Waals surface area contributed by atoms with Crippen molar-refractivity contribution in [3.8, 4) is 11.3 Å². The third-order valence-corrected chi connectivity index (χ3v) is 6.54. The number of hydrogen-bond donors (Lipinski definition) is 4. The third kappa shape index (κ3) is 7.06. The van der Waals surface area contributed by atoms with E-state index in [9.17, 15) is 23.1 Å². The smallest absolute Gasteiger partial charge is 0.396 e. The number of benzene rings is 1. The van der Waals surface area contributed by atoms with Crippen molar-refractivity contribution < 1.29 is 27.8 Å². The van der Waals surface area contributed by atoms with Crippen LogP contribution in [0.1, 0.15) is 42.4 Å². The van der Waals surface area contributed by atoms with Crippen LogP contribution < -0.4 is 16.4 Å². The quantitative estimate of drug-likeness (QED) is 0.173. The molecule has 5 N–H and O–H groups in total. The number of alkyl halides is 3. The van der Waals surface area contributed by atoms with Gasteiger partial charge in [-0.2, -0.15) is 18.3 Å². The van der Waals surface area contributed by atoms with Crippen LogP contribution in [0.4, 0.5) is 24.7 Å². The zero-order chi connectivity index (χ0) is 30.5. The fourth-order valence-corrected chi connectivity index (χ4v) is 4.43.